The van der Waals surface area contributed by atoms with Crippen LogP contribution in [0, 0.1) is 11.6 Å². The second-order valence-corrected chi connectivity index (χ2v) is 6.27. The lowest BCUT2D eigenvalue weighted by molar-refractivity contribution is -0.116. The molecule has 0 unspecified atom stereocenters. The molecule has 1 N–H and O–H groups in total. The number of aromatic nitrogens is 2. The van der Waals surface area contributed by atoms with Crippen molar-refractivity contribution in [2.75, 3.05) is 30.4 Å². The number of carbonyl (C=O) groups is 1. The monoisotopic (exact) mass is 378 g/mol. The smallest absolute Gasteiger partial charge is 0.255 e. The minimum atomic E-state index is -0.759. The lowest BCUT2D eigenvalue weighted by atomic mass is 10.3. The lowest BCUT2D eigenvalue weighted by Gasteiger charge is -2.21. The fraction of sp³-hybridized carbons (Fsp3) is 0.389. The van der Waals surface area contributed by atoms with Crippen LogP contribution in [0.25, 0.3) is 0 Å². The Bertz CT molecular complexity index is 895. The summed E-state index contributed by atoms with van der Waals surface area (Å²) in [5.41, 5.74) is -0.217. The Kier molecular flexibility index (Phi) is 5.80. The van der Waals surface area contributed by atoms with E-state index in [1.54, 1.807) is 0 Å². The number of amides is 1. The van der Waals surface area contributed by atoms with E-state index in [-0.39, 0.29) is 18.8 Å². The molecule has 1 fully saturated rings. The summed E-state index contributed by atoms with van der Waals surface area (Å²) in [7, 11) is 1.50. The molecule has 0 aliphatic carbocycles. The van der Waals surface area contributed by atoms with Crippen LogP contribution < -0.4 is 15.8 Å². The molecule has 0 atom stereocenters. The van der Waals surface area contributed by atoms with Crippen molar-refractivity contribution in [2.24, 2.45) is 0 Å². The van der Waals surface area contributed by atoms with Gasteiger partial charge >= 0.3 is 0 Å². The number of rotatable bonds is 6. The van der Waals surface area contributed by atoms with Gasteiger partial charge in [0.05, 0.1) is 18.0 Å². The number of methoxy groups -OCH3 is 1. The van der Waals surface area contributed by atoms with Gasteiger partial charge in [0.1, 0.15) is 18.2 Å². The summed E-state index contributed by atoms with van der Waals surface area (Å²) < 4.78 is 33.3. The van der Waals surface area contributed by atoms with E-state index in [4.69, 9.17) is 4.74 Å². The van der Waals surface area contributed by atoms with Gasteiger partial charge in [-0.05, 0) is 25.0 Å². The number of nitrogens with zero attached hydrogens (tertiary/aromatic N) is 3. The summed E-state index contributed by atoms with van der Waals surface area (Å²) in [6.07, 6.45) is 1.93. The molecule has 1 aliphatic rings. The molecular weight excluding hydrogens is 358 g/mol. The molecule has 0 radical (unpaired) electrons. The largest absolute Gasteiger partial charge is 0.378 e. The molecule has 0 bridgehead atoms. The Balaban J connectivity index is 1.87. The molecule has 1 saturated heterocycles. The molecule has 2 aromatic rings. The van der Waals surface area contributed by atoms with E-state index < -0.39 is 23.1 Å². The molecule has 2 heterocycles. The van der Waals surface area contributed by atoms with Crippen molar-refractivity contribution in [3.63, 3.8) is 0 Å². The highest BCUT2D eigenvalue weighted by Gasteiger charge is 2.21. The molecule has 7 nitrogen and oxygen atoms in total. The number of hydrogen-bond acceptors (Lipinski definition) is 5. The van der Waals surface area contributed by atoms with Crippen molar-refractivity contribution in [3.05, 3.63) is 51.9 Å². The number of anilines is 2. The first-order valence-corrected chi connectivity index (χ1v) is 8.57. The molecule has 1 amide bonds. The molecule has 1 aromatic carbocycles. The first-order chi connectivity index (χ1) is 13.0. The predicted octanol–water partition coefficient (Wildman–Crippen LogP) is 1.91. The average Bonchev–Trinajstić information content (AvgIpc) is 3.15. The van der Waals surface area contributed by atoms with E-state index in [1.807, 2.05) is 4.90 Å². The minimum Gasteiger partial charge on any atom is -0.378 e. The molecule has 144 valence electrons. The van der Waals surface area contributed by atoms with Crippen LogP contribution >= 0.6 is 0 Å². The van der Waals surface area contributed by atoms with Crippen LogP contribution in [0.1, 0.15) is 18.5 Å². The number of carbonyl (C=O) groups excluding carboxylic acids is 1. The zero-order valence-electron chi connectivity index (χ0n) is 14.9. The summed E-state index contributed by atoms with van der Waals surface area (Å²) in [5.74, 6) is -1.71. The first kappa shape index (κ1) is 19.0. The van der Waals surface area contributed by atoms with E-state index in [1.165, 1.54) is 17.7 Å². The Morgan fingerprint density at radius 1 is 1.26 bits per heavy atom. The highest BCUT2D eigenvalue weighted by Crippen LogP contribution is 2.18. The third-order valence-corrected chi connectivity index (χ3v) is 4.23. The van der Waals surface area contributed by atoms with Crippen molar-refractivity contribution in [1.29, 1.82) is 0 Å². The van der Waals surface area contributed by atoms with Crippen LogP contribution in [0.3, 0.4) is 0 Å². The van der Waals surface area contributed by atoms with E-state index in [2.05, 4.69) is 10.3 Å². The van der Waals surface area contributed by atoms with Crippen molar-refractivity contribution >= 4 is 17.5 Å². The molecule has 0 spiro atoms. The second kappa shape index (κ2) is 8.26. The fourth-order valence-electron chi connectivity index (χ4n) is 3.00. The van der Waals surface area contributed by atoms with Gasteiger partial charge in [0.25, 0.3) is 5.56 Å². The normalized spacial score (nSPS) is 13.8. The van der Waals surface area contributed by atoms with Crippen LogP contribution in [0.15, 0.2) is 29.1 Å². The zero-order chi connectivity index (χ0) is 19.4. The molecule has 1 aliphatic heterocycles. The second-order valence-electron chi connectivity index (χ2n) is 6.27. The summed E-state index contributed by atoms with van der Waals surface area (Å²) >= 11 is 0. The van der Waals surface area contributed by atoms with Crippen molar-refractivity contribution < 1.29 is 18.3 Å². The summed E-state index contributed by atoms with van der Waals surface area (Å²) in [6, 6.07) is 4.07. The Hall–Kier alpha value is -2.81. The van der Waals surface area contributed by atoms with Gasteiger partial charge in [-0.1, -0.05) is 0 Å². The number of ether oxygens (including phenoxy) is 1. The number of nitrogens with one attached hydrogen (secondary N) is 1. The van der Waals surface area contributed by atoms with Crippen molar-refractivity contribution in [3.8, 4) is 0 Å². The zero-order valence-corrected chi connectivity index (χ0v) is 14.9. The molecule has 3 rings (SSSR count). The van der Waals surface area contributed by atoms with Crippen LogP contribution in [0.2, 0.25) is 0 Å². The van der Waals surface area contributed by atoms with E-state index in [0.717, 1.165) is 44.1 Å². The summed E-state index contributed by atoms with van der Waals surface area (Å²) in [4.78, 5) is 31.2. The quantitative estimate of drug-likeness (QED) is 0.831. The standard InChI is InChI=1S/C18H20F2N4O3/c1-27-11-13-9-17(26)24(18(21-13)23-6-2-3-7-23)10-16(25)22-15-8-12(19)4-5-14(15)20/h4-5,8-9H,2-3,6-7,10-11H2,1H3,(H,22,25). The van der Waals surface area contributed by atoms with Crippen molar-refractivity contribution in [2.45, 2.75) is 26.0 Å². The molecule has 9 heteroatoms. The van der Waals surface area contributed by atoms with Crippen LogP contribution in [0.4, 0.5) is 20.4 Å². The molecular formula is C18H20F2N4O3. The molecule has 0 saturated carbocycles. The lowest BCUT2D eigenvalue weighted by Crippen LogP contribution is -2.35. The maximum atomic E-state index is 13.7. The van der Waals surface area contributed by atoms with E-state index >= 15 is 0 Å². The molecule has 1 aromatic heterocycles. The first-order valence-electron chi connectivity index (χ1n) is 8.57. The van der Waals surface area contributed by atoms with Gasteiger partial charge in [-0.15, -0.1) is 0 Å². The number of benzene rings is 1. The third kappa shape index (κ3) is 4.48. The van der Waals surface area contributed by atoms with Gasteiger partial charge in [0.2, 0.25) is 11.9 Å². The summed E-state index contributed by atoms with van der Waals surface area (Å²) in [6.45, 7) is 1.27. The van der Waals surface area contributed by atoms with Gasteiger partial charge < -0.3 is 15.0 Å². The van der Waals surface area contributed by atoms with Gasteiger partial charge in [0, 0.05) is 32.3 Å². The predicted molar refractivity (Wildman–Crippen MR) is 95.6 cm³/mol. The van der Waals surface area contributed by atoms with Crippen LogP contribution in [-0.2, 0) is 22.7 Å². The Morgan fingerprint density at radius 2 is 2.00 bits per heavy atom. The SMILES string of the molecule is COCc1cc(=O)n(CC(=O)Nc2cc(F)ccc2F)c(N2CCCC2)n1. The van der Waals surface area contributed by atoms with Crippen molar-refractivity contribution in [1.82, 2.24) is 9.55 Å². The maximum absolute atomic E-state index is 13.7. The highest BCUT2D eigenvalue weighted by atomic mass is 19.1. The van der Waals surface area contributed by atoms with Gasteiger partial charge in [-0.2, -0.15) is 0 Å². The number of halogens is 2. The van der Waals surface area contributed by atoms with E-state index in [9.17, 15) is 18.4 Å². The van der Waals surface area contributed by atoms with E-state index in [0.29, 0.717) is 11.6 Å². The summed E-state index contributed by atoms with van der Waals surface area (Å²) in [5, 5.41) is 2.30. The minimum absolute atomic E-state index is 0.178. The average molecular weight is 378 g/mol. The topological polar surface area (TPSA) is 76.5 Å². The van der Waals surface area contributed by atoms with Gasteiger partial charge in [-0.25, -0.2) is 13.8 Å². The van der Waals surface area contributed by atoms with Gasteiger partial charge in [0.15, 0.2) is 0 Å². The Morgan fingerprint density at radius 3 is 2.70 bits per heavy atom. The van der Waals surface area contributed by atoms with Crippen LogP contribution in [0.5, 0.6) is 0 Å². The van der Waals surface area contributed by atoms with Gasteiger partial charge in [-0.3, -0.25) is 14.2 Å². The number of hydrogen-bond donors (Lipinski definition) is 1. The highest BCUT2D eigenvalue weighted by molar-refractivity contribution is 5.90. The third-order valence-electron chi connectivity index (χ3n) is 4.23. The fourth-order valence-corrected chi connectivity index (χ4v) is 3.00. The molecule has 27 heavy (non-hydrogen) atoms. The Labute approximate surface area is 154 Å². The van der Waals surface area contributed by atoms with Crippen LogP contribution in [-0.4, -0.2) is 35.7 Å². The maximum Gasteiger partial charge on any atom is 0.255 e.